The van der Waals surface area contributed by atoms with Crippen LogP contribution in [0.3, 0.4) is 0 Å². The summed E-state index contributed by atoms with van der Waals surface area (Å²) in [6, 6.07) is 18.5. The number of ether oxygens (including phenoxy) is 4. The number of anilines is 1. The average Bonchev–Trinajstić information content (AvgIpc) is 3.63. The minimum absolute atomic E-state index is 0.317. The van der Waals surface area contributed by atoms with E-state index >= 15 is 0 Å². The number of benzene rings is 3. The second kappa shape index (κ2) is 11.7. The maximum atomic E-state index is 13.1. The van der Waals surface area contributed by atoms with Gasteiger partial charge < -0.3 is 35.0 Å². The number of carbonyl (C=O) groups is 1. The monoisotopic (exact) mass is 558 g/mol. The molecule has 5 rings (SSSR count). The zero-order valence-electron chi connectivity index (χ0n) is 22.6. The van der Waals surface area contributed by atoms with E-state index in [4.69, 9.17) is 24.7 Å². The summed E-state index contributed by atoms with van der Waals surface area (Å²) in [6.45, 7) is 0. The third-order valence-electron chi connectivity index (χ3n) is 6.64. The summed E-state index contributed by atoms with van der Waals surface area (Å²) in [5.41, 5.74) is 12.0. The number of nitrogens with one attached hydrogen (secondary N) is 2. The molecule has 3 aromatic carbocycles. The minimum Gasteiger partial charge on any atom is -0.495 e. The summed E-state index contributed by atoms with van der Waals surface area (Å²) in [5.74, 6) is 1.77. The van der Waals surface area contributed by atoms with Crippen molar-refractivity contribution in [1.82, 2.24) is 9.36 Å². The number of carbonyl (C=O) groups excluding carboxylic acids is 1. The fourth-order valence-electron chi connectivity index (χ4n) is 4.64. The molecule has 5 aromatic rings. The van der Waals surface area contributed by atoms with Crippen LogP contribution >= 0.6 is 11.5 Å². The molecule has 0 saturated heterocycles. The van der Waals surface area contributed by atoms with E-state index in [1.165, 1.54) is 11.5 Å². The molecule has 4 N–H and O–H groups in total. The van der Waals surface area contributed by atoms with Crippen LogP contribution in [-0.2, 0) is 11.2 Å². The van der Waals surface area contributed by atoms with Crippen molar-refractivity contribution in [2.24, 2.45) is 5.73 Å². The molecule has 1 amide bonds. The summed E-state index contributed by atoms with van der Waals surface area (Å²) in [7, 11) is 6.27. The quantitative estimate of drug-likeness (QED) is 0.207. The molecule has 0 aliphatic rings. The zero-order valence-corrected chi connectivity index (χ0v) is 23.4. The number of nitrogens with zero attached hydrogens (tertiary/aromatic N) is 1. The number of amides is 1. The molecule has 1 unspecified atom stereocenters. The Morgan fingerprint density at radius 3 is 2.33 bits per heavy atom. The van der Waals surface area contributed by atoms with Crippen molar-refractivity contribution in [1.29, 1.82) is 0 Å². The number of fused-ring (bicyclic) bond motifs is 1. The Morgan fingerprint density at radius 2 is 1.65 bits per heavy atom. The summed E-state index contributed by atoms with van der Waals surface area (Å²) in [6.07, 6.45) is 0.363. The Kier molecular flexibility index (Phi) is 7.90. The van der Waals surface area contributed by atoms with Gasteiger partial charge in [0.2, 0.25) is 11.7 Å². The lowest BCUT2D eigenvalue weighted by Crippen LogP contribution is -2.37. The first-order chi connectivity index (χ1) is 19.4. The lowest BCUT2D eigenvalue weighted by molar-refractivity contribution is -0.117. The van der Waals surface area contributed by atoms with Crippen molar-refractivity contribution in [3.63, 3.8) is 0 Å². The highest BCUT2D eigenvalue weighted by molar-refractivity contribution is 7.04. The van der Waals surface area contributed by atoms with Gasteiger partial charge in [-0.1, -0.05) is 24.3 Å². The predicted molar refractivity (Wildman–Crippen MR) is 158 cm³/mol. The van der Waals surface area contributed by atoms with Crippen molar-refractivity contribution < 1.29 is 23.7 Å². The van der Waals surface area contributed by atoms with Crippen molar-refractivity contribution >= 4 is 34.0 Å². The highest BCUT2D eigenvalue weighted by Gasteiger charge is 2.21. The van der Waals surface area contributed by atoms with Gasteiger partial charge in [0, 0.05) is 34.1 Å². The van der Waals surface area contributed by atoms with Crippen LogP contribution in [0.1, 0.15) is 5.69 Å². The fraction of sp³-hybridized carbons (Fsp3) is 0.200. The Balaban J connectivity index is 1.42. The maximum absolute atomic E-state index is 13.1. The third-order valence-corrected chi connectivity index (χ3v) is 7.27. The van der Waals surface area contributed by atoms with E-state index in [2.05, 4.69) is 14.7 Å². The van der Waals surface area contributed by atoms with Crippen LogP contribution in [0.15, 0.2) is 66.0 Å². The van der Waals surface area contributed by atoms with Gasteiger partial charge in [0.15, 0.2) is 11.5 Å². The molecule has 0 aliphatic heterocycles. The van der Waals surface area contributed by atoms with Crippen LogP contribution < -0.4 is 30.0 Å². The van der Waals surface area contributed by atoms with E-state index in [0.717, 1.165) is 39.0 Å². The minimum atomic E-state index is -0.765. The zero-order chi connectivity index (χ0) is 28.2. The highest BCUT2D eigenvalue weighted by Crippen LogP contribution is 2.44. The summed E-state index contributed by atoms with van der Waals surface area (Å²) in [5, 5.41) is 5.98. The largest absolute Gasteiger partial charge is 0.495 e. The van der Waals surface area contributed by atoms with Gasteiger partial charge >= 0.3 is 0 Å². The van der Waals surface area contributed by atoms with Crippen LogP contribution in [0.25, 0.3) is 33.3 Å². The Labute approximate surface area is 236 Å². The fourth-order valence-corrected chi connectivity index (χ4v) is 5.35. The SMILES string of the molecule is COc1ccc(-c2csnc2-c2cc(OC)c(OC)c(OC)c2)cc1NC(=O)C(N)Cc1cc2ccccc2[nH]1. The molecule has 2 aromatic heterocycles. The van der Waals surface area contributed by atoms with Crippen LogP contribution in [0.5, 0.6) is 23.0 Å². The molecule has 0 fully saturated rings. The summed E-state index contributed by atoms with van der Waals surface area (Å²) >= 11 is 1.33. The predicted octanol–water partition coefficient (Wildman–Crippen LogP) is 5.50. The molecular formula is C30H30N4O5S. The number of aromatic amines is 1. The normalized spacial score (nSPS) is 11.7. The van der Waals surface area contributed by atoms with E-state index in [9.17, 15) is 4.79 Å². The van der Waals surface area contributed by atoms with Crippen LogP contribution in [0, 0.1) is 0 Å². The number of aromatic nitrogens is 2. The standard InChI is InChI=1S/C30H30N4O5S/c1-36-25-10-9-17(21-16-40-34-28(21)19-13-26(37-2)29(39-4)27(14-19)38-3)12-24(25)33-30(35)22(31)15-20-11-18-7-5-6-8-23(18)32-20/h5-14,16,22,32H,15,31H2,1-4H3,(H,33,35). The van der Waals surface area contributed by atoms with E-state index in [1.807, 2.05) is 66.0 Å². The first-order valence-electron chi connectivity index (χ1n) is 12.5. The molecule has 206 valence electrons. The highest BCUT2D eigenvalue weighted by atomic mass is 32.1. The van der Waals surface area contributed by atoms with Crippen LogP contribution in [0.4, 0.5) is 5.69 Å². The third kappa shape index (κ3) is 5.31. The number of hydrogen-bond donors (Lipinski definition) is 3. The van der Waals surface area contributed by atoms with Gasteiger partial charge in [-0.25, -0.2) is 0 Å². The number of methoxy groups -OCH3 is 4. The molecule has 2 heterocycles. The second-order valence-electron chi connectivity index (χ2n) is 9.09. The van der Waals surface area contributed by atoms with E-state index in [1.54, 1.807) is 28.4 Å². The number of rotatable bonds is 10. The average molecular weight is 559 g/mol. The first-order valence-corrected chi connectivity index (χ1v) is 13.4. The molecule has 0 aliphatic carbocycles. The van der Waals surface area contributed by atoms with Gasteiger partial charge in [-0.3, -0.25) is 4.79 Å². The lowest BCUT2D eigenvalue weighted by atomic mass is 10.0. The molecule has 10 heteroatoms. The number of H-pyrrole nitrogens is 1. The first kappa shape index (κ1) is 27.0. The molecular weight excluding hydrogens is 528 g/mol. The molecule has 0 radical (unpaired) electrons. The molecule has 40 heavy (non-hydrogen) atoms. The van der Waals surface area contributed by atoms with Crippen LogP contribution in [0.2, 0.25) is 0 Å². The van der Waals surface area contributed by atoms with Crippen molar-refractivity contribution in [2.75, 3.05) is 33.8 Å². The molecule has 0 spiro atoms. The number of hydrogen-bond acceptors (Lipinski definition) is 8. The van der Waals surface area contributed by atoms with Gasteiger partial charge in [-0.15, -0.1) is 0 Å². The van der Waals surface area contributed by atoms with Crippen molar-refractivity contribution in [2.45, 2.75) is 12.5 Å². The van der Waals surface area contributed by atoms with Crippen LogP contribution in [-0.4, -0.2) is 49.7 Å². The Hall–Kier alpha value is -4.54. The second-order valence-corrected chi connectivity index (χ2v) is 9.72. The lowest BCUT2D eigenvalue weighted by Gasteiger charge is -2.16. The molecule has 1 atom stereocenters. The smallest absolute Gasteiger partial charge is 0.241 e. The Bertz CT molecular complexity index is 1600. The molecule has 0 bridgehead atoms. The van der Waals surface area contributed by atoms with Crippen molar-refractivity contribution in [3.05, 3.63) is 71.7 Å². The Morgan fingerprint density at radius 1 is 0.925 bits per heavy atom. The summed E-state index contributed by atoms with van der Waals surface area (Å²) < 4.78 is 26.7. The van der Waals surface area contributed by atoms with E-state index in [-0.39, 0.29) is 5.91 Å². The molecule has 9 nitrogen and oxygen atoms in total. The maximum Gasteiger partial charge on any atom is 0.241 e. The van der Waals surface area contributed by atoms with Gasteiger partial charge in [-0.2, -0.15) is 4.37 Å². The molecule has 0 saturated carbocycles. The van der Waals surface area contributed by atoms with Crippen molar-refractivity contribution in [3.8, 4) is 45.4 Å². The van der Waals surface area contributed by atoms with Gasteiger partial charge in [0.25, 0.3) is 0 Å². The number of nitrogens with two attached hydrogens (primary N) is 1. The number of para-hydroxylation sites is 1. The van der Waals surface area contributed by atoms with E-state index in [0.29, 0.717) is 35.1 Å². The summed E-state index contributed by atoms with van der Waals surface area (Å²) in [4.78, 5) is 16.5. The van der Waals surface area contributed by atoms with Gasteiger partial charge in [-0.05, 0) is 58.9 Å². The van der Waals surface area contributed by atoms with Gasteiger partial charge in [0.1, 0.15) is 5.75 Å². The van der Waals surface area contributed by atoms with Gasteiger partial charge in [0.05, 0.1) is 45.9 Å². The topological polar surface area (TPSA) is 121 Å². The van der Waals surface area contributed by atoms with E-state index < -0.39 is 6.04 Å².